The predicted molar refractivity (Wildman–Crippen MR) is 123 cm³/mol. The first-order valence-electron chi connectivity index (χ1n) is 10.7. The highest BCUT2D eigenvalue weighted by Gasteiger charge is 2.27. The van der Waals surface area contributed by atoms with Gasteiger partial charge in [-0.3, -0.25) is 9.69 Å². The van der Waals surface area contributed by atoms with Crippen molar-refractivity contribution in [1.29, 1.82) is 0 Å². The summed E-state index contributed by atoms with van der Waals surface area (Å²) in [5.41, 5.74) is 2.76. The van der Waals surface area contributed by atoms with Crippen molar-refractivity contribution in [2.45, 2.75) is 6.04 Å². The first-order valence-corrected chi connectivity index (χ1v) is 11.0. The molecule has 1 atom stereocenters. The number of nitrogens with one attached hydrogen (secondary N) is 2. The Labute approximate surface area is 188 Å². The van der Waals surface area contributed by atoms with Gasteiger partial charge in [0, 0.05) is 44.0 Å². The number of para-hydroxylation sites is 1. The smallest absolute Gasteiger partial charge is 0.238 e. The maximum Gasteiger partial charge on any atom is 0.238 e. The zero-order valence-electron chi connectivity index (χ0n) is 17.8. The Morgan fingerprint density at radius 2 is 2.03 bits per heavy atom. The highest BCUT2D eigenvalue weighted by Crippen LogP contribution is 2.31. The van der Waals surface area contributed by atoms with E-state index in [1.165, 1.54) is 0 Å². The molecule has 8 heteroatoms. The lowest BCUT2D eigenvalue weighted by Crippen LogP contribution is -2.48. The zero-order chi connectivity index (χ0) is 21.6. The first kappa shape index (κ1) is 21.9. The van der Waals surface area contributed by atoms with Crippen LogP contribution >= 0.6 is 11.6 Å². The number of anilines is 2. The summed E-state index contributed by atoms with van der Waals surface area (Å²) in [6.45, 7) is 5.74. The number of methoxy groups -OCH3 is 1. The molecule has 31 heavy (non-hydrogen) atoms. The number of morpholine rings is 1. The number of hydrogen-bond donors (Lipinski definition) is 2. The topological polar surface area (TPSA) is 66.1 Å². The van der Waals surface area contributed by atoms with Gasteiger partial charge < -0.3 is 25.0 Å². The number of rotatable bonds is 6. The molecule has 0 radical (unpaired) electrons. The molecule has 1 unspecified atom stereocenters. The summed E-state index contributed by atoms with van der Waals surface area (Å²) in [5, 5.41) is 7.06. The molecule has 0 spiro atoms. The average molecular weight is 445 g/mol. The van der Waals surface area contributed by atoms with Crippen molar-refractivity contribution >= 4 is 28.9 Å². The predicted octanol–water partition coefficient (Wildman–Crippen LogP) is 2.77. The van der Waals surface area contributed by atoms with E-state index in [1.54, 1.807) is 7.11 Å². The third-order valence-corrected chi connectivity index (χ3v) is 6.08. The van der Waals surface area contributed by atoms with Gasteiger partial charge in [0.15, 0.2) is 0 Å². The van der Waals surface area contributed by atoms with Gasteiger partial charge in [-0.15, -0.1) is 0 Å². The summed E-state index contributed by atoms with van der Waals surface area (Å²) < 4.78 is 10.9. The van der Waals surface area contributed by atoms with Crippen LogP contribution in [0.2, 0.25) is 5.02 Å². The number of hydrogen-bond acceptors (Lipinski definition) is 6. The van der Waals surface area contributed by atoms with Crippen LogP contribution in [0.1, 0.15) is 11.6 Å². The molecule has 166 valence electrons. The van der Waals surface area contributed by atoms with Crippen molar-refractivity contribution in [3.8, 4) is 5.75 Å². The summed E-state index contributed by atoms with van der Waals surface area (Å²) >= 11 is 6.51. The van der Waals surface area contributed by atoms with Crippen LogP contribution in [0, 0.1) is 0 Å². The molecule has 2 N–H and O–H groups in total. The third-order valence-electron chi connectivity index (χ3n) is 5.78. The van der Waals surface area contributed by atoms with Gasteiger partial charge in [-0.2, -0.15) is 0 Å². The molecule has 4 rings (SSSR count). The SMILES string of the molecule is COc1ccccc1C1CNCCN1CC(=O)Nc1ccc(N2CCOCC2)c(Cl)c1. The third kappa shape index (κ3) is 5.30. The number of carbonyl (C=O) groups excluding carboxylic acids is 1. The van der Waals surface area contributed by atoms with Gasteiger partial charge in [-0.25, -0.2) is 0 Å². The van der Waals surface area contributed by atoms with Gasteiger partial charge in [0.05, 0.1) is 43.6 Å². The Morgan fingerprint density at radius 3 is 2.81 bits per heavy atom. The van der Waals surface area contributed by atoms with Gasteiger partial charge in [0.1, 0.15) is 5.75 Å². The molecule has 0 saturated carbocycles. The van der Waals surface area contributed by atoms with E-state index in [1.807, 2.05) is 36.4 Å². The standard InChI is InChI=1S/C23H29ClN4O3/c1-30-22-5-3-2-4-18(22)21-15-25-8-9-28(21)16-23(29)26-17-6-7-20(19(24)14-17)27-10-12-31-13-11-27/h2-7,14,21,25H,8-13,15-16H2,1H3,(H,26,29). The van der Waals surface area contributed by atoms with Crippen molar-refractivity contribution in [3.05, 3.63) is 53.1 Å². The van der Waals surface area contributed by atoms with Crippen LogP contribution in [0.4, 0.5) is 11.4 Å². The molecule has 2 aliphatic rings. The monoisotopic (exact) mass is 444 g/mol. The molecule has 2 aromatic rings. The highest BCUT2D eigenvalue weighted by molar-refractivity contribution is 6.33. The second kappa shape index (κ2) is 10.3. The molecule has 2 aromatic carbocycles. The highest BCUT2D eigenvalue weighted by atomic mass is 35.5. The Balaban J connectivity index is 1.42. The number of amides is 1. The van der Waals surface area contributed by atoms with Crippen LogP contribution < -0.4 is 20.3 Å². The molecule has 0 aliphatic carbocycles. The van der Waals surface area contributed by atoms with Crippen LogP contribution in [0.15, 0.2) is 42.5 Å². The van der Waals surface area contributed by atoms with E-state index in [2.05, 4.69) is 26.5 Å². The molecule has 2 saturated heterocycles. The zero-order valence-corrected chi connectivity index (χ0v) is 18.5. The Kier molecular flexibility index (Phi) is 7.29. The van der Waals surface area contributed by atoms with Gasteiger partial charge in [-0.1, -0.05) is 29.8 Å². The van der Waals surface area contributed by atoms with Crippen LogP contribution in [-0.4, -0.2) is 70.4 Å². The van der Waals surface area contributed by atoms with Gasteiger partial charge in [0.25, 0.3) is 0 Å². The van der Waals surface area contributed by atoms with E-state index in [0.717, 1.165) is 49.7 Å². The molecule has 1 amide bonds. The van der Waals surface area contributed by atoms with E-state index in [4.69, 9.17) is 21.1 Å². The number of halogens is 1. The lowest BCUT2D eigenvalue weighted by Gasteiger charge is -2.36. The van der Waals surface area contributed by atoms with Crippen molar-refractivity contribution in [2.75, 3.05) is 69.8 Å². The number of carbonyl (C=O) groups is 1. The lowest BCUT2D eigenvalue weighted by atomic mass is 10.0. The normalized spacial score (nSPS) is 19.8. The summed E-state index contributed by atoms with van der Waals surface area (Å²) in [4.78, 5) is 17.2. The average Bonchev–Trinajstić information content (AvgIpc) is 2.80. The molecule has 2 aliphatic heterocycles. The molecule has 0 bridgehead atoms. The van der Waals surface area contributed by atoms with Crippen LogP contribution in [0.5, 0.6) is 5.75 Å². The van der Waals surface area contributed by atoms with E-state index >= 15 is 0 Å². The van der Waals surface area contributed by atoms with Crippen LogP contribution in [0.3, 0.4) is 0 Å². The molecule has 0 aromatic heterocycles. The molecule has 7 nitrogen and oxygen atoms in total. The Morgan fingerprint density at radius 1 is 1.23 bits per heavy atom. The maximum atomic E-state index is 12.8. The fourth-order valence-electron chi connectivity index (χ4n) is 4.21. The quantitative estimate of drug-likeness (QED) is 0.714. The minimum absolute atomic E-state index is 0.0583. The summed E-state index contributed by atoms with van der Waals surface area (Å²) in [6.07, 6.45) is 0. The number of ether oxygens (including phenoxy) is 2. The summed E-state index contributed by atoms with van der Waals surface area (Å²) in [6, 6.07) is 13.7. The first-order chi connectivity index (χ1) is 15.2. The van der Waals surface area contributed by atoms with E-state index in [-0.39, 0.29) is 11.9 Å². The van der Waals surface area contributed by atoms with Crippen molar-refractivity contribution in [2.24, 2.45) is 0 Å². The molecular weight excluding hydrogens is 416 g/mol. The maximum absolute atomic E-state index is 12.8. The van der Waals surface area contributed by atoms with Gasteiger partial charge in [0.2, 0.25) is 5.91 Å². The minimum Gasteiger partial charge on any atom is -0.496 e. The van der Waals surface area contributed by atoms with Crippen LogP contribution in [0.25, 0.3) is 0 Å². The van der Waals surface area contributed by atoms with Crippen molar-refractivity contribution in [3.63, 3.8) is 0 Å². The fraction of sp³-hybridized carbons (Fsp3) is 0.435. The van der Waals surface area contributed by atoms with Crippen molar-refractivity contribution < 1.29 is 14.3 Å². The fourth-order valence-corrected chi connectivity index (χ4v) is 4.51. The number of piperazine rings is 1. The van der Waals surface area contributed by atoms with E-state index < -0.39 is 0 Å². The second-order valence-corrected chi connectivity index (χ2v) is 8.15. The van der Waals surface area contributed by atoms with E-state index in [0.29, 0.717) is 30.5 Å². The van der Waals surface area contributed by atoms with E-state index in [9.17, 15) is 4.79 Å². The Bertz CT molecular complexity index is 904. The molecular formula is C23H29ClN4O3. The van der Waals surface area contributed by atoms with Crippen LogP contribution in [-0.2, 0) is 9.53 Å². The largest absolute Gasteiger partial charge is 0.496 e. The minimum atomic E-state index is -0.0583. The summed E-state index contributed by atoms with van der Waals surface area (Å²) in [7, 11) is 1.68. The molecule has 2 fully saturated rings. The van der Waals surface area contributed by atoms with Gasteiger partial charge in [-0.05, 0) is 24.3 Å². The number of benzene rings is 2. The molecule has 2 heterocycles. The summed E-state index contributed by atoms with van der Waals surface area (Å²) in [5.74, 6) is 0.782. The van der Waals surface area contributed by atoms with Crippen molar-refractivity contribution in [1.82, 2.24) is 10.2 Å². The Hall–Kier alpha value is -2.32. The van der Waals surface area contributed by atoms with Gasteiger partial charge >= 0.3 is 0 Å². The lowest BCUT2D eigenvalue weighted by molar-refractivity contribution is -0.118. The number of nitrogens with zero attached hydrogens (tertiary/aromatic N) is 2. The second-order valence-electron chi connectivity index (χ2n) is 7.75.